The molecule has 7 nitrogen and oxygen atoms in total. The smallest absolute Gasteiger partial charge is 0.336 e. The monoisotopic (exact) mass is 434 g/mol. The fraction of sp³-hybridized carbons (Fsp3) is 0.500. The Bertz CT molecular complexity index is 955. The third-order valence-corrected chi connectivity index (χ3v) is 5.53. The second kappa shape index (κ2) is 11.1. The van der Waals surface area contributed by atoms with Crippen LogP contribution in [0.4, 0.5) is 0 Å². The molecule has 1 aromatic heterocycles. The van der Waals surface area contributed by atoms with Gasteiger partial charge in [-0.25, -0.2) is 4.79 Å². The summed E-state index contributed by atoms with van der Waals surface area (Å²) in [5.74, 6) is -0.900. The van der Waals surface area contributed by atoms with Crippen molar-refractivity contribution in [3.05, 3.63) is 39.7 Å². The van der Waals surface area contributed by atoms with Crippen LogP contribution in [-0.4, -0.2) is 36.0 Å². The van der Waals surface area contributed by atoms with Crippen molar-refractivity contribution in [2.75, 3.05) is 12.0 Å². The summed E-state index contributed by atoms with van der Waals surface area (Å²) >= 11 is 1.49. The van der Waals surface area contributed by atoms with Gasteiger partial charge in [-0.1, -0.05) is 13.3 Å². The molecule has 1 amide bonds. The number of amides is 1. The Morgan fingerprint density at radius 2 is 2.07 bits per heavy atom. The fourth-order valence-corrected chi connectivity index (χ4v) is 3.60. The zero-order valence-corrected chi connectivity index (χ0v) is 18.6. The van der Waals surface area contributed by atoms with Gasteiger partial charge in [0.15, 0.2) is 6.10 Å². The van der Waals surface area contributed by atoms with Gasteiger partial charge in [0.25, 0.3) is 5.91 Å². The van der Waals surface area contributed by atoms with Crippen molar-refractivity contribution >= 4 is 34.6 Å². The number of carbonyl (C=O) groups excluding carboxylic acids is 2. The highest BCUT2D eigenvalue weighted by atomic mass is 32.2. The Morgan fingerprint density at radius 3 is 2.70 bits per heavy atom. The number of thioether (sulfide) groups is 1. The second-order valence-electron chi connectivity index (χ2n) is 7.18. The summed E-state index contributed by atoms with van der Waals surface area (Å²) < 4.78 is 11.2. The lowest BCUT2D eigenvalue weighted by Gasteiger charge is -2.22. The fourth-order valence-electron chi connectivity index (χ4n) is 3.13. The summed E-state index contributed by atoms with van der Waals surface area (Å²) in [5, 5.41) is 14.5. The lowest BCUT2D eigenvalue weighted by atomic mass is 10.0. The van der Waals surface area contributed by atoms with Crippen molar-refractivity contribution in [2.45, 2.75) is 58.6 Å². The molecule has 8 heteroatoms. The SMILES string of the molecule is CCCCc1cc(=O)oc2c(C)c(O[C@@H](C)C(=O)N[C@@H](CCSC)C(=O)[O-])ccc12. The number of ether oxygens (including phenoxy) is 1. The van der Waals surface area contributed by atoms with Crippen molar-refractivity contribution in [1.29, 1.82) is 0 Å². The van der Waals surface area contributed by atoms with E-state index in [2.05, 4.69) is 12.2 Å². The maximum absolute atomic E-state index is 12.4. The molecule has 0 radical (unpaired) electrons. The van der Waals surface area contributed by atoms with Gasteiger partial charge in [-0.05, 0) is 62.8 Å². The number of carbonyl (C=O) groups is 2. The quantitative estimate of drug-likeness (QED) is 0.540. The van der Waals surface area contributed by atoms with Crippen LogP contribution in [0.2, 0.25) is 0 Å². The number of carboxylic acid groups (broad SMARTS) is 1. The van der Waals surface area contributed by atoms with E-state index < -0.39 is 29.6 Å². The summed E-state index contributed by atoms with van der Waals surface area (Å²) in [7, 11) is 0. The first-order chi connectivity index (χ1) is 14.3. The number of carboxylic acids is 1. The van der Waals surface area contributed by atoms with Gasteiger partial charge in [-0.15, -0.1) is 0 Å². The van der Waals surface area contributed by atoms with Crippen molar-refractivity contribution in [2.24, 2.45) is 0 Å². The summed E-state index contributed by atoms with van der Waals surface area (Å²) in [6.07, 6.45) is 3.93. The highest BCUT2D eigenvalue weighted by Crippen LogP contribution is 2.29. The lowest BCUT2D eigenvalue weighted by Crippen LogP contribution is -2.51. The van der Waals surface area contributed by atoms with Crippen LogP contribution in [-0.2, 0) is 16.0 Å². The molecule has 0 bridgehead atoms. The molecule has 1 N–H and O–H groups in total. The molecule has 0 spiro atoms. The van der Waals surface area contributed by atoms with Gasteiger partial charge in [0.05, 0.1) is 12.0 Å². The molecule has 0 aliphatic carbocycles. The van der Waals surface area contributed by atoms with E-state index in [0.29, 0.717) is 22.6 Å². The minimum atomic E-state index is -1.33. The third-order valence-electron chi connectivity index (χ3n) is 4.88. The number of rotatable bonds is 11. The van der Waals surface area contributed by atoms with Crippen LogP contribution >= 0.6 is 11.8 Å². The Balaban J connectivity index is 2.22. The first-order valence-corrected chi connectivity index (χ1v) is 11.4. The third kappa shape index (κ3) is 6.01. The van der Waals surface area contributed by atoms with Crippen molar-refractivity contribution in [3.8, 4) is 5.75 Å². The summed E-state index contributed by atoms with van der Waals surface area (Å²) in [5.41, 5.74) is 1.55. The van der Waals surface area contributed by atoms with Crippen LogP contribution in [0.3, 0.4) is 0 Å². The van der Waals surface area contributed by atoms with Gasteiger partial charge in [0, 0.05) is 17.0 Å². The molecule has 1 aromatic carbocycles. The van der Waals surface area contributed by atoms with Crippen molar-refractivity contribution in [3.63, 3.8) is 0 Å². The number of fused-ring (bicyclic) bond motifs is 1. The van der Waals surface area contributed by atoms with Crippen LogP contribution in [0.1, 0.15) is 44.2 Å². The maximum atomic E-state index is 12.4. The minimum Gasteiger partial charge on any atom is -0.548 e. The highest BCUT2D eigenvalue weighted by Gasteiger charge is 2.21. The van der Waals surface area contributed by atoms with Crippen molar-refractivity contribution in [1.82, 2.24) is 5.32 Å². The Kier molecular flexibility index (Phi) is 8.77. The van der Waals surface area contributed by atoms with Crippen LogP contribution in [0.25, 0.3) is 11.0 Å². The molecule has 1 heterocycles. The average Bonchev–Trinajstić information content (AvgIpc) is 2.71. The van der Waals surface area contributed by atoms with Crippen LogP contribution in [0.5, 0.6) is 5.75 Å². The molecule has 164 valence electrons. The summed E-state index contributed by atoms with van der Waals surface area (Å²) in [4.78, 5) is 35.7. The van der Waals surface area contributed by atoms with Crippen LogP contribution < -0.4 is 20.8 Å². The summed E-state index contributed by atoms with van der Waals surface area (Å²) in [6, 6.07) is 4.00. The molecular formula is C22H28NO6S-. The molecule has 0 saturated heterocycles. The minimum absolute atomic E-state index is 0.267. The predicted octanol–water partition coefficient (Wildman–Crippen LogP) is 2.20. The number of unbranched alkanes of at least 4 members (excludes halogenated alkanes) is 1. The number of hydrogen-bond donors (Lipinski definition) is 1. The Morgan fingerprint density at radius 1 is 1.33 bits per heavy atom. The van der Waals surface area contributed by atoms with E-state index in [0.717, 1.165) is 30.2 Å². The van der Waals surface area contributed by atoms with E-state index in [9.17, 15) is 19.5 Å². The van der Waals surface area contributed by atoms with Gasteiger partial charge >= 0.3 is 5.63 Å². The lowest BCUT2D eigenvalue weighted by molar-refractivity contribution is -0.308. The first-order valence-electron chi connectivity index (χ1n) is 10.0. The van der Waals surface area contributed by atoms with E-state index >= 15 is 0 Å². The second-order valence-corrected chi connectivity index (χ2v) is 8.17. The Labute approximate surface area is 180 Å². The molecule has 0 unspecified atom stereocenters. The van der Waals surface area contributed by atoms with Gasteiger partial charge in [0.2, 0.25) is 0 Å². The number of aryl methyl sites for hydroxylation is 2. The van der Waals surface area contributed by atoms with Crippen LogP contribution in [0, 0.1) is 6.92 Å². The molecule has 2 aromatic rings. The molecular weight excluding hydrogens is 406 g/mol. The predicted molar refractivity (Wildman–Crippen MR) is 116 cm³/mol. The molecule has 30 heavy (non-hydrogen) atoms. The number of hydrogen-bond acceptors (Lipinski definition) is 7. The van der Waals surface area contributed by atoms with E-state index in [1.807, 2.05) is 12.3 Å². The number of aliphatic carboxylic acids is 1. The van der Waals surface area contributed by atoms with E-state index in [-0.39, 0.29) is 6.42 Å². The van der Waals surface area contributed by atoms with Gasteiger partial charge in [0.1, 0.15) is 11.3 Å². The van der Waals surface area contributed by atoms with Gasteiger partial charge in [-0.2, -0.15) is 11.8 Å². The maximum Gasteiger partial charge on any atom is 0.336 e. The highest BCUT2D eigenvalue weighted by molar-refractivity contribution is 7.98. The topological polar surface area (TPSA) is 109 Å². The number of benzene rings is 1. The normalized spacial score (nSPS) is 13.1. The molecule has 0 aliphatic rings. The molecule has 0 saturated carbocycles. The molecule has 0 aliphatic heterocycles. The average molecular weight is 435 g/mol. The largest absolute Gasteiger partial charge is 0.548 e. The van der Waals surface area contributed by atoms with Crippen molar-refractivity contribution < 1.29 is 23.8 Å². The zero-order valence-electron chi connectivity index (χ0n) is 17.8. The zero-order chi connectivity index (χ0) is 22.3. The molecule has 2 rings (SSSR count). The first kappa shape index (κ1) is 23.8. The summed E-state index contributed by atoms with van der Waals surface area (Å²) in [6.45, 7) is 5.38. The van der Waals surface area contributed by atoms with Gasteiger partial charge in [-0.3, -0.25) is 4.79 Å². The molecule has 2 atom stereocenters. The van der Waals surface area contributed by atoms with Crippen LogP contribution in [0.15, 0.2) is 27.4 Å². The Hall–Kier alpha value is -2.48. The molecule has 0 fully saturated rings. The van der Waals surface area contributed by atoms with E-state index in [1.54, 1.807) is 13.0 Å². The van der Waals surface area contributed by atoms with E-state index in [1.165, 1.54) is 24.8 Å². The van der Waals surface area contributed by atoms with E-state index in [4.69, 9.17) is 9.15 Å². The standard InChI is InChI=1S/C22H29NO6S/c1-5-6-7-15-12-19(24)29-20-13(2)18(9-8-16(15)20)28-14(3)21(25)23-17(22(26)27)10-11-30-4/h8-9,12,14,17H,5-7,10-11H2,1-4H3,(H,23,25)(H,26,27)/p-1/t14-,17-/m0/s1. The van der Waals surface area contributed by atoms with Gasteiger partial charge < -0.3 is 24.4 Å². The number of nitrogens with one attached hydrogen (secondary N) is 1.